The van der Waals surface area contributed by atoms with Crippen LogP contribution in [-0.2, 0) is 32.5 Å². The summed E-state index contributed by atoms with van der Waals surface area (Å²) >= 11 is 1.24. The summed E-state index contributed by atoms with van der Waals surface area (Å²) in [4.78, 5) is 12.4. The summed E-state index contributed by atoms with van der Waals surface area (Å²) in [5, 5.41) is 0. The molecule has 1 aromatic heterocycles. The largest absolute Gasteiger partial charge is 0.465 e. The molecule has 0 amide bonds. The zero-order valence-corrected chi connectivity index (χ0v) is 16.7. The Morgan fingerprint density at radius 1 is 1.15 bits per heavy atom. The molecule has 0 aliphatic heterocycles. The van der Waals surface area contributed by atoms with Crippen molar-refractivity contribution in [3.63, 3.8) is 0 Å². The zero-order chi connectivity index (χ0) is 19.4. The first-order valence-electron chi connectivity index (χ1n) is 8.58. The number of benzene rings is 2. The van der Waals surface area contributed by atoms with Crippen LogP contribution >= 0.6 is 11.3 Å². The van der Waals surface area contributed by atoms with Gasteiger partial charge in [-0.1, -0.05) is 42.5 Å². The van der Waals surface area contributed by atoms with Crippen LogP contribution in [0.15, 0.2) is 57.8 Å². The first kappa shape index (κ1) is 19.3. The van der Waals surface area contributed by atoms with Crippen LogP contribution in [0.25, 0.3) is 10.2 Å². The van der Waals surface area contributed by atoms with E-state index in [-0.39, 0.29) is 22.8 Å². The Hall–Kier alpha value is -2.45. The summed E-state index contributed by atoms with van der Waals surface area (Å²) in [5.41, 5.74) is 1.89. The summed E-state index contributed by atoms with van der Waals surface area (Å²) < 4.78 is 36.9. The number of hydrogen-bond acceptors (Lipinski definition) is 5. The fraction of sp³-hybridized carbons (Fsp3) is 0.263. The van der Waals surface area contributed by atoms with Crippen LogP contribution in [0.5, 0.6) is 0 Å². The third-order valence-corrected chi connectivity index (χ3v) is 6.43. The number of hydrogen-bond donors (Lipinski definition) is 0. The SMILES string of the molecule is CCOC(=O)Cn1/c(=N/S(=O)(=O)c2ccccc2)sc2cc(CC)ccc21. The lowest BCUT2D eigenvalue weighted by molar-refractivity contribution is -0.143. The molecule has 27 heavy (non-hydrogen) atoms. The Bertz CT molecular complexity index is 1130. The molecule has 0 unspecified atom stereocenters. The summed E-state index contributed by atoms with van der Waals surface area (Å²) in [6.07, 6.45) is 0.862. The lowest BCUT2D eigenvalue weighted by atomic mass is 10.2. The molecule has 0 atom stereocenters. The summed E-state index contributed by atoms with van der Waals surface area (Å²) in [5.74, 6) is -0.435. The first-order valence-corrected chi connectivity index (χ1v) is 10.8. The lowest BCUT2D eigenvalue weighted by Gasteiger charge is -2.05. The second kappa shape index (κ2) is 8.06. The van der Waals surface area contributed by atoms with Crippen molar-refractivity contribution in [3.05, 3.63) is 58.9 Å². The highest BCUT2D eigenvalue weighted by Gasteiger charge is 2.16. The summed E-state index contributed by atoms with van der Waals surface area (Å²) in [6.45, 7) is 3.94. The van der Waals surface area contributed by atoms with Crippen LogP contribution in [0.3, 0.4) is 0 Å². The number of ether oxygens (including phenoxy) is 1. The van der Waals surface area contributed by atoms with Crippen LogP contribution in [0.4, 0.5) is 0 Å². The predicted octanol–water partition coefficient (Wildman–Crippen LogP) is 3.12. The number of aromatic nitrogens is 1. The van der Waals surface area contributed by atoms with E-state index >= 15 is 0 Å². The molecule has 0 bridgehead atoms. The maximum atomic E-state index is 12.7. The van der Waals surface area contributed by atoms with E-state index in [2.05, 4.69) is 4.40 Å². The van der Waals surface area contributed by atoms with Crippen molar-refractivity contribution < 1.29 is 17.9 Å². The van der Waals surface area contributed by atoms with Crippen molar-refractivity contribution in [1.82, 2.24) is 4.57 Å². The van der Waals surface area contributed by atoms with Gasteiger partial charge in [0.1, 0.15) is 6.54 Å². The number of fused-ring (bicyclic) bond motifs is 1. The van der Waals surface area contributed by atoms with Gasteiger partial charge in [0, 0.05) is 0 Å². The van der Waals surface area contributed by atoms with Crippen LogP contribution in [0.1, 0.15) is 19.4 Å². The quantitative estimate of drug-likeness (QED) is 0.592. The van der Waals surface area contributed by atoms with Crippen molar-refractivity contribution in [3.8, 4) is 0 Å². The second-order valence-electron chi connectivity index (χ2n) is 5.81. The molecule has 0 spiro atoms. The van der Waals surface area contributed by atoms with Gasteiger partial charge in [-0.15, -0.1) is 4.40 Å². The fourth-order valence-corrected chi connectivity index (χ4v) is 4.96. The molecule has 0 saturated carbocycles. The first-order chi connectivity index (χ1) is 12.9. The van der Waals surface area contributed by atoms with Crippen LogP contribution in [-0.4, -0.2) is 25.6 Å². The molecule has 6 nitrogen and oxygen atoms in total. The minimum Gasteiger partial charge on any atom is -0.465 e. The Balaban J connectivity index is 2.19. The highest BCUT2D eigenvalue weighted by molar-refractivity contribution is 7.90. The molecular formula is C19H20N2O4S2. The van der Waals surface area contributed by atoms with Gasteiger partial charge in [0.25, 0.3) is 10.0 Å². The van der Waals surface area contributed by atoms with E-state index in [1.807, 2.05) is 25.1 Å². The molecular weight excluding hydrogens is 384 g/mol. The highest BCUT2D eigenvalue weighted by Crippen LogP contribution is 2.21. The van der Waals surface area contributed by atoms with Gasteiger partial charge in [-0.05, 0) is 43.2 Å². The number of aryl methyl sites for hydroxylation is 1. The number of carbonyl (C=O) groups excluding carboxylic acids is 1. The second-order valence-corrected chi connectivity index (χ2v) is 8.42. The Kier molecular flexibility index (Phi) is 5.76. The zero-order valence-electron chi connectivity index (χ0n) is 15.1. The van der Waals surface area contributed by atoms with Gasteiger partial charge in [-0.2, -0.15) is 8.42 Å². The van der Waals surface area contributed by atoms with E-state index in [1.165, 1.54) is 23.5 Å². The standard InChI is InChI=1S/C19H20N2O4S2/c1-3-14-10-11-16-17(12-14)26-19(21(16)13-18(22)25-4-2)20-27(23,24)15-8-6-5-7-9-15/h5-12H,3-4,13H2,1-2H3/b20-19-. The lowest BCUT2D eigenvalue weighted by Crippen LogP contribution is -2.23. The molecule has 8 heteroatoms. The molecule has 0 aliphatic rings. The number of carbonyl (C=O) groups is 1. The predicted molar refractivity (Wildman–Crippen MR) is 105 cm³/mol. The molecule has 0 saturated heterocycles. The number of rotatable bonds is 6. The highest BCUT2D eigenvalue weighted by atomic mass is 32.2. The van der Waals surface area contributed by atoms with Gasteiger partial charge in [-0.25, -0.2) is 0 Å². The smallest absolute Gasteiger partial charge is 0.326 e. The van der Waals surface area contributed by atoms with Crippen molar-refractivity contribution in [2.45, 2.75) is 31.7 Å². The Morgan fingerprint density at radius 2 is 1.89 bits per heavy atom. The third kappa shape index (κ3) is 4.28. The van der Waals surface area contributed by atoms with Crippen molar-refractivity contribution in [1.29, 1.82) is 0 Å². The average Bonchev–Trinajstić information content (AvgIpc) is 2.98. The van der Waals surface area contributed by atoms with E-state index in [1.54, 1.807) is 29.7 Å². The van der Waals surface area contributed by atoms with Crippen LogP contribution < -0.4 is 4.80 Å². The average molecular weight is 405 g/mol. The number of thiazole rings is 1. The van der Waals surface area contributed by atoms with Gasteiger partial charge >= 0.3 is 5.97 Å². The van der Waals surface area contributed by atoms with E-state index in [9.17, 15) is 13.2 Å². The maximum Gasteiger partial charge on any atom is 0.326 e. The Morgan fingerprint density at radius 3 is 2.56 bits per heavy atom. The van der Waals surface area contributed by atoms with Gasteiger partial charge in [-0.3, -0.25) is 4.79 Å². The van der Waals surface area contributed by atoms with Crippen LogP contribution in [0.2, 0.25) is 0 Å². The van der Waals surface area contributed by atoms with E-state index < -0.39 is 16.0 Å². The van der Waals surface area contributed by atoms with E-state index in [4.69, 9.17) is 4.74 Å². The molecule has 0 radical (unpaired) electrons. The molecule has 142 valence electrons. The summed E-state index contributed by atoms with van der Waals surface area (Å²) in [7, 11) is -3.88. The summed E-state index contributed by atoms with van der Waals surface area (Å²) in [6, 6.07) is 13.9. The number of sulfonamides is 1. The normalized spacial score (nSPS) is 12.4. The van der Waals surface area contributed by atoms with Crippen LogP contribution in [0, 0.1) is 0 Å². The van der Waals surface area contributed by atoms with Gasteiger partial charge in [0.2, 0.25) is 4.80 Å². The van der Waals surface area contributed by atoms with Gasteiger partial charge < -0.3 is 9.30 Å². The fourth-order valence-electron chi connectivity index (χ4n) is 2.64. The molecule has 1 heterocycles. The number of esters is 1. The Labute approximate surface area is 161 Å². The molecule has 0 N–H and O–H groups in total. The number of nitrogens with zero attached hydrogens (tertiary/aromatic N) is 2. The van der Waals surface area contributed by atoms with Crippen molar-refractivity contribution in [2.75, 3.05) is 6.61 Å². The minimum atomic E-state index is -3.88. The molecule has 3 rings (SSSR count). The van der Waals surface area contributed by atoms with Gasteiger partial charge in [0.05, 0.1) is 21.7 Å². The van der Waals surface area contributed by atoms with E-state index in [0.29, 0.717) is 0 Å². The molecule has 0 fully saturated rings. The molecule has 2 aromatic carbocycles. The minimum absolute atomic E-state index is 0.0948. The van der Waals surface area contributed by atoms with E-state index in [0.717, 1.165) is 22.2 Å². The van der Waals surface area contributed by atoms with Crippen molar-refractivity contribution in [2.24, 2.45) is 4.40 Å². The molecule has 3 aromatic rings. The third-order valence-electron chi connectivity index (χ3n) is 3.99. The monoisotopic (exact) mass is 404 g/mol. The topological polar surface area (TPSA) is 77.7 Å². The maximum absolute atomic E-state index is 12.7. The van der Waals surface area contributed by atoms with Crippen molar-refractivity contribution >= 4 is 37.5 Å². The van der Waals surface area contributed by atoms with Gasteiger partial charge in [0.15, 0.2) is 0 Å². The molecule has 0 aliphatic carbocycles.